The van der Waals surface area contributed by atoms with E-state index >= 15 is 0 Å². The summed E-state index contributed by atoms with van der Waals surface area (Å²) in [6.45, 7) is 6.43. The number of hydrogen-bond acceptors (Lipinski definition) is 2. The fourth-order valence-corrected chi connectivity index (χ4v) is 1.87. The number of nitrogens with two attached hydrogens (primary N) is 1. The SMILES string of the molecule is CCC(C)N(CCCCN)c1ccccc1. The molecule has 2 nitrogen and oxygen atoms in total. The predicted molar refractivity (Wildman–Crippen MR) is 71.8 cm³/mol. The zero-order chi connectivity index (χ0) is 11.8. The van der Waals surface area contributed by atoms with E-state index < -0.39 is 0 Å². The first-order valence-electron chi connectivity index (χ1n) is 6.31. The van der Waals surface area contributed by atoms with Crippen LogP contribution in [0.15, 0.2) is 30.3 Å². The maximum atomic E-state index is 5.54. The van der Waals surface area contributed by atoms with Crippen LogP contribution in [0.4, 0.5) is 5.69 Å². The van der Waals surface area contributed by atoms with Crippen molar-refractivity contribution in [3.63, 3.8) is 0 Å². The summed E-state index contributed by atoms with van der Waals surface area (Å²) in [6, 6.07) is 11.3. The summed E-state index contributed by atoms with van der Waals surface area (Å²) < 4.78 is 0. The van der Waals surface area contributed by atoms with Crippen molar-refractivity contribution in [2.45, 2.75) is 39.2 Å². The Morgan fingerprint density at radius 2 is 1.88 bits per heavy atom. The quantitative estimate of drug-likeness (QED) is 0.716. The molecule has 1 aromatic rings. The van der Waals surface area contributed by atoms with Crippen LogP contribution in [0.3, 0.4) is 0 Å². The highest BCUT2D eigenvalue weighted by atomic mass is 15.2. The molecule has 0 radical (unpaired) electrons. The average Bonchev–Trinajstić information content (AvgIpc) is 2.35. The number of unbranched alkanes of at least 4 members (excludes halogenated alkanes) is 1. The molecule has 0 heterocycles. The second-order valence-electron chi connectivity index (χ2n) is 4.28. The lowest BCUT2D eigenvalue weighted by Gasteiger charge is -2.30. The normalized spacial score (nSPS) is 12.4. The highest BCUT2D eigenvalue weighted by Gasteiger charge is 2.11. The first kappa shape index (κ1) is 13.0. The Morgan fingerprint density at radius 1 is 1.19 bits per heavy atom. The van der Waals surface area contributed by atoms with Gasteiger partial charge in [-0.1, -0.05) is 25.1 Å². The molecule has 0 saturated heterocycles. The van der Waals surface area contributed by atoms with Crippen LogP contribution in [0.1, 0.15) is 33.1 Å². The van der Waals surface area contributed by atoms with Gasteiger partial charge in [0.2, 0.25) is 0 Å². The van der Waals surface area contributed by atoms with Gasteiger partial charge in [-0.05, 0) is 44.9 Å². The van der Waals surface area contributed by atoms with Crippen molar-refractivity contribution in [2.24, 2.45) is 5.73 Å². The van der Waals surface area contributed by atoms with Crippen LogP contribution < -0.4 is 10.6 Å². The third-order valence-corrected chi connectivity index (χ3v) is 3.06. The second-order valence-corrected chi connectivity index (χ2v) is 4.28. The molecule has 0 aliphatic rings. The van der Waals surface area contributed by atoms with E-state index in [1.54, 1.807) is 0 Å². The maximum absolute atomic E-state index is 5.54. The van der Waals surface area contributed by atoms with E-state index in [0.717, 1.165) is 19.5 Å². The molecular formula is C14H24N2. The van der Waals surface area contributed by atoms with Gasteiger partial charge >= 0.3 is 0 Å². The molecule has 0 aromatic heterocycles. The predicted octanol–water partition coefficient (Wildman–Crippen LogP) is 3.03. The molecule has 1 atom stereocenters. The Labute approximate surface area is 99.5 Å². The topological polar surface area (TPSA) is 29.3 Å². The molecule has 0 spiro atoms. The minimum atomic E-state index is 0.597. The molecule has 16 heavy (non-hydrogen) atoms. The van der Waals surface area contributed by atoms with E-state index in [9.17, 15) is 0 Å². The molecule has 0 aliphatic carbocycles. The summed E-state index contributed by atoms with van der Waals surface area (Å²) >= 11 is 0. The van der Waals surface area contributed by atoms with Gasteiger partial charge < -0.3 is 10.6 Å². The van der Waals surface area contributed by atoms with Crippen LogP contribution in [-0.4, -0.2) is 19.1 Å². The summed E-state index contributed by atoms with van der Waals surface area (Å²) in [5.74, 6) is 0. The van der Waals surface area contributed by atoms with Gasteiger partial charge in [0.05, 0.1) is 0 Å². The number of nitrogens with zero attached hydrogens (tertiary/aromatic N) is 1. The molecule has 1 aromatic carbocycles. The van der Waals surface area contributed by atoms with Gasteiger partial charge in [0.15, 0.2) is 0 Å². The van der Waals surface area contributed by atoms with Gasteiger partial charge in [-0.25, -0.2) is 0 Å². The van der Waals surface area contributed by atoms with Gasteiger partial charge in [0.1, 0.15) is 0 Å². The molecule has 90 valence electrons. The molecular weight excluding hydrogens is 196 g/mol. The number of anilines is 1. The highest BCUT2D eigenvalue weighted by molar-refractivity contribution is 5.46. The maximum Gasteiger partial charge on any atom is 0.0368 e. The summed E-state index contributed by atoms with van der Waals surface area (Å²) in [6.07, 6.45) is 3.47. The largest absolute Gasteiger partial charge is 0.369 e. The van der Waals surface area contributed by atoms with Gasteiger partial charge in [-0.2, -0.15) is 0 Å². The minimum Gasteiger partial charge on any atom is -0.369 e. The molecule has 0 aliphatic heterocycles. The Morgan fingerprint density at radius 3 is 2.44 bits per heavy atom. The smallest absolute Gasteiger partial charge is 0.0368 e. The Kier molecular flexibility index (Phi) is 5.94. The van der Waals surface area contributed by atoms with Crippen LogP contribution in [0.2, 0.25) is 0 Å². The number of rotatable bonds is 7. The summed E-state index contributed by atoms with van der Waals surface area (Å²) in [4.78, 5) is 2.48. The van der Waals surface area contributed by atoms with E-state index in [1.165, 1.54) is 18.5 Å². The Hall–Kier alpha value is -1.02. The summed E-state index contributed by atoms with van der Waals surface area (Å²) in [7, 11) is 0. The van der Waals surface area contributed by atoms with Crippen molar-refractivity contribution in [1.29, 1.82) is 0 Å². The zero-order valence-electron chi connectivity index (χ0n) is 10.5. The van der Waals surface area contributed by atoms with Gasteiger partial charge in [-0.3, -0.25) is 0 Å². The summed E-state index contributed by atoms with van der Waals surface area (Å²) in [5, 5.41) is 0. The monoisotopic (exact) mass is 220 g/mol. The van der Waals surface area contributed by atoms with Crippen molar-refractivity contribution in [2.75, 3.05) is 18.0 Å². The molecule has 0 fully saturated rings. The van der Waals surface area contributed by atoms with E-state index in [4.69, 9.17) is 5.73 Å². The van der Waals surface area contributed by atoms with Crippen LogP contribution in [0.25, 0.3) is 0 Å². The molecule has 0 amide bonds. The van der Waals surface area contributed by atoms with Crippen molar-refractivity contribution in [3.8, 4) is 0 Å². The van der Waals surface area contributed by atoms with Gasteiger partial charge in [0, 0.05) is 18.3 Å². The van der Waals surface area contributed by atoms with E-state index in [1.807, 2.05) is 0 Å². The number of para-hydroxylation sites is 1. The molecule has 1 rings (SSSR count). The van der Waals surface area contributed by atoms with Crippen LogP contribution in [-0.2, 0) is 0 Å². The first-order chi connectivity index (χ1) is 7.79. The fraction of sp³-hybridized carbons (Fsp3) is 0.571. The first-order valence-corrected chi connectivity index (χ1v) is 6.31. The molecule has 0 bridgehead atoms. The standard InChI is InChI=1S/C14H24N2/c1-3-13(2)16(12-8-7-11-15)14-9-5-4-6-10-14/h4-6,9-10,13H,3,7-8,11-12,15H2,1-2H3. The summed E-state index contributed by atoms with van der Waals surface area (Å²) in [5.41, 5.74) is 6.87. The van der Waals surface area contributed by atoms with Crippen molar-refractivity contribution >= 4 is 5.69 Å². The molecule has 2 heteroatoms. The third kappa shape index (κ3) is 3.86. The van der Waals surface area contributed by atoms with Crippen molar-refractivity contribution < 1.29 is 0 Å². The molecule has 0 saturated carbocycles. The molecule has 1 unspecified atom stereocenters. The zero-order valence-corrected chi connectivity index (χ0v) is 10.5. The van der Waals surface area contributed by atoms with E-state index in [0.29, 0.717) is 6.04 Å². The lowest BCUT2D eigenvalue weighted by atomic mass is 10.1. The lowest BCUT2D eigenvalue weighted by molar-refractivity contribution is 0.590. The number of hydrogen-bond donors (Lipinski definition) is 1. The van der Waals surface area contributed by atoms with E-state index in [-0.39, 0.29) is 0 Å². The lowest BCUT2D eigenvalue weighted by Crippen LogP contribution is -2.33. The minimum absolute atomic E-state index is 0.597. The average molecular weight is 220 g/mol. The molecule has 2 N–H and O–H groups in total. The van der Waals surface area contributed by atoms with E-state index in [2.05, 4.69) is 49.1 Å². The van der Waals surface area contributed by atoms with Crippen LogP contribution in [0.5, 0.6) is 0 Å². The third-order valence-electron chi connectivity index (χ3n) is 3.06. The highest BCUT2D eigenvalue weighted by Crippen LogP contribution is 2.18. The van der Waals surface area contributed by atoms with Crippen LogP contribution in [0, 0.1) is 0 Å². The Bertz CT molecular complexity index is 271. The van der Waals surface area contributed by atoms with Crippen molar-refractivity contribution in [1.82, 2.24) is 0 Å². The Balaban J connectivity index is 2.64. The second kappa shape index (κ2) is 7.29. The van der Waals surface area contributed by atoms with Gasteiger partial charge in [0.25, 0.3) is 0 Å². The van der Waals surface area contributed by atoms with Gasteiger partial charge in [-0.15, -0.1) is 0 Å². The fourth-order valence-electron chi connectivity index (χ4n) is 1.87. The van der Waals surface area contributed by atoms with Crippen molar-refractivity contribution in [3.05, 3.63) is 30.3 Å². The number of benzene rings is 1. The van der Waals surface area contributed by atoms with Crippen LogP contribution >= 0.6 is 0 Å².